The van der Waals surface area contributed by atoms with Crippen LogP contribution < -0.4 is 4.74 Å². The highest BCUT2D eigenvalue weighted by atomic mass is 19.4. The van der Waals surface area contributed by atoms with Gasteiger partial charge in [-0.3, -0.25) is 14.7 Å². The molecule has 6 nitrogen and oxygen atoms in total. The Labute approximate surface area is 184 Å². The summed E-state index contributed by atoms with van der Waals surface area (Å²) in [6, 6.07) is 5.18. The van der Waals surface area contributed by atoms with Crippen LogP contribution in [-0.2, 0) is 17.4 Å². The topological polar surface area (TPSA) is 58.6 Å². The maximum Gasteiger partial charge on any atom is 0.416 e. The Kier molecular flexibility index (Phi) is 5.53. The van der Waals surface area contributed by atoms with Crippen molar-refractivity contribution < 1.29 is 22.7 Å². The minimum absolute atomic E-state index is 0.0143. The number of nitrogens with zero attached hydrogens (tertiary/aromatic N) is 4. The normalized spacial score (nSPS) is 23.8. The first-order chi connectivity index (χ1) is 15.3. The van der Waals surface area contributed by atoms with Crippen LogP contribution in [0.4, 0.5) is 13.2 Å². The number of fused-ring (bicyclic) bond motifs is 1. The number of aromatic nitrogens is 2. The van der Waals surface area contributed by atoms with Gasteiger partial charge in [-0.15, -0.1) is 0 Å². The van der Waals surface area contributed by atoms with Crippen molar-refractivity contribution in [1.82, 2.24) is 19.8 Å². The zero-order valence-electron chi connectivity index (χ0n) is 17.6. The minimum atomic E-state index is -4.41. The quantitative estimate of drug-likeness (QED) is 0.706. The molecule has 0 radical (unpaired) electrons. The summed E-state index contributed by atoms with van der Waals surface area (Å²) in [5.41, 5.74) is 0.681. The van der Waals surface area contributed by atoms with Crippen LogP contribution in [0.25, 0.3) is 0 Å². The number of halogens is 3. The maximum atomic E-state index is 12.9. The highest BCUT2D eigenvalue weighted by molar-refractivity contribution is 5.79. The fourth-order valence-corrected chi connectivity index (χ4v) is 4.60. The molecule has 2 aromatic rings. The summed E-state index contributed by atoms with van der Waals surface area (Å²) in [6.07, 6.45) is 2.16. The lowest BCUT2D eigenvalue weighted by Crippen LogP contribution is -2.52. The SMILES string of the molecule is O=C(Cc1cccc(C(F)(F)F)c1)N1CCN2C[C@H](Oc3cnc(C4CC4)cn3)C[C@H]2C1. The monoisotopic (exact) mass is 446 g/mol. The third-order valence-corrected chi connectivity index (χ3v) is 6.47. The number of amides is 1. The van der Waals surface area contributed by atoms with E-state index in [0.717, 1.165) is 37.3 Å². The largest absolute Gasteiger partial charge is 0.472 e. The second kappa shape index (κ2) is 8.35. The molecule has 32 heavy (non-hydrogen) atoms. The number of carbonyl (C=O) groups is 1. The number of piperazine rings is 1. The standard InChI is InChI=1S/C23H25F3N4O2/c24-23(25,26)17-3-1-2-15(8-17)9-22(31)30-7-6-29-14-19(10-18(29)13-30)32-21-12-27-20(11-28-21)16-4-5-16/h1-3,8,11-12,16,18-19H,4-7,9-10,13-14H2/t18-,19+/m0/s1. The van der Waals surface area contributed by atoms with Crippen LogP contribution in [0.15, 0.2) is 36.7 Å². The van der Waals surface area contributed by atoms with E-state index >= 15 is 0 Å². The van der Waals surface area contributed by atoms with E-state index in [-0.39, 0.29) is 24.5 Å². The molecule has 0 unspecified atom stereocenters. The molecule has 0 bridgehead atoms. The van der Waals surface area contributed by atoms with E-state index in [0.29, 0.717) is 30.5 Å². The van der Waals surface area contributed by atoms with Gasteiger partial charge in [-0.25, -0.2) is 4.98 Å². The van der Waals surface area contributed by atoms with Crippen LogP contribution in [0, 0.1) is 0 Å². The predicted molar refractivity (Wildman–Crippen MR) is 110 cm³/mol. The van der Waals surface area contributed by atoms with E-state index in [9.17, 15) is 18.0 Å². The first-order valence-corrected chi connectivity index (χ1v) is 11.0. The van der Waals surface area contributed by atoms with Crippen molar-refractivity contribution in [2.24, 2.45) is 0 Å². The molecule has 0 spiro atoms. The molecule has 170 valence electrons. The Morgan fingerprint density at radius 2 is 1.97 bits per heavy atom. The molecule has 9 heteroatoms. The predicted octanol–water partition coefficient (Wildman–Crippen LogP) is 3.28. The number of benzene rings is 1. The fourth-order valence-electron chi connectivity index (χ4n) is 4.60. The third-order valence-electron chi connectivity index (χ3n) is 6.47. The van der Waals surface area contributed by atoms with Gasteiger partial charge in [-0.1, -0.05) is 18.2 Å². The van der Waals surface area contributed by atoms with Crippen LogP contribution in [0.3, 0.4) is 0 Å². The average molecular weight is 446 g/mol. The van der Waals surface area contributed by atoms with Crippen LogP contribution in [0.1, 0.15) is 42.0 Å². The molecular formula is C23H25F3N4O2. The van der Waals surface area contributed by atoms with Gasteiger partial charge in [-0.05, 0) is 24.5 Å². The lowest BCUT2D eigenvalue weighted by molar-refractivity contribution is -0.138. The summed E-state index contributed by atoms with van der Waals surface area (Å²) < 4.78 is 44.8. The molecule has 1 aromatic heterocycles. The van der Waals surface area contributed by atoms with Crippen molar-refractivity contribution in [3.05, 3.63) is 53.5 Å². The van der Waals surface area contributed by atoms with Crippen molar-refractivity contribution in [3.8, 4) is 5.88 Å². The number of alkyl halides is 3. The molecule has 1 amide bonds. The Morgan fingerprint density at radius 1 is 1.12 bits per heavy atom. The second-order valence-electron chi connectivity index (χ2n) is 8.89. The lowest BCUT2D eigenvalue weighted by Gasteiger charge is -2.37. The van der Waals surface area contributed by atoms with Crippen LogP contribution in [0.5, 0.6) is 5.88 Å². The average Bonchev–Trinajstić information content (AvgIpc) is 3.53. The summed E-state index contributed by atoms with van der Waals surface area (Å²) in [4.78, 5) is 25.7. The van der Waals surface area contributed by atoms with Gasteiger partial charge in [-0.2, -0.15) is 13.2 Å². The molecule has 3 fully saturated rings. The number of hydrogen-bond acceptors (Lipinski definition) is 5. The highest BCUT2D eigenvalue weighted by Crippen LogP contribution is 2.38. The van der Waals surface area contributed by atoms with Gasteiger partial charge in [0.1, 0.15) is 6.10 Å². The summed E-state index contributed by atoms with van der Waals surface area (Å²) in [5.74, 6) is 0.933. The van der Waals surface area contributed by atoms with E-state index < -0.39 is 11.7 Å². The number of rotatable bonds is 5. The third kappa shape index (κ3) is 4.72. The number of hydrogen-bond donors (Lipinski definition) is 0. The van der Waals surface area contributed by atoms with Gasteiger partial charge in [0.25, 0.3) is 0 Å². The molecule has 2 aliphatic heterocycles. The van der Waals surface area contributed by atoms with Crippen molar-refractivity contribution in [2.75, 3.05) is 26.2 Å². The summed E-state index contributed by atoms with van der Waals surface area (Å²) in [5, 5.41) is 0. The number of carbonyl (C=O) groups excluding carboxylic acids is 1. The molecule has 2 atom stereocenters. The molecule has 0 N–H and O–H groups in total. The first-order valence-electron chi connectivity index (χ1n) is 11.0. The Morgan fingerprint density at radius 3 is 2.69 bits per heavy atom. The summed E-state index contributed by atoms with van der Waals surface area (Å²) in [6.45, 7) is 2.62. The van der Waals surface area contributed by atoms with Gasteiger partial charge >= 0.3 is 6.18 Å². The summed E-state index contributed by atoms with van der Waals surface area (Å²) >= 11 is 0. The smallest absolute Gasteiger partial charge is 0.416 e. The van der Waals surface area contributed by atoms with Crippen LogP contribution in [0.2, 0.25) is 0 Å². The minimum Gasteiger partial charge on any atom is -0.472 e. The van der Waals surface area contributed by atoms with Crippen molar-refractivity contribution in [1.29, 1.82) is 0 Å². The number of ether oxygens (including phenoxy) is 1. The fraction of sp³-hybridized carbons (Fsp3) is 0.522. The molecule has 1 aliphatic carbocycles. The van der Waals surface area contributed by atoms with Crippen LogP contribution >= 0.6 is 0 Å². The zero-order valence-corrected chi connectivity index (χ0v) is 17.6. The Hall–Kier alpha value is -2.68. The molecule has 1 aromatic carbocycles. The van der Waals surface area contributed by atoms with E-state index in [1.54, 1.807) is 23.4 Å². The Bertz CT molecular complexity index is 978. The van der Waals surface area contributed by atoms with Crippen LogP contribution in [-0.4, -0.2) is 64.0 Å². The highest BCUT2D eigenvalue weighted by Gasteiger charge is 2.39. The van der Waals surface area contributed by atoms with Gasteiger partial charge in [0.2, 0.25) is 11.8 Å². The molecular weight excluding hydrogens is 421 g/mol. The van der Waals surface area contributed by atoms with Gasteiger partial charge in [0, 0.05) is 44.6 Å². The van der Waals surface area contributed by atoms with E-state index in [1.807, 2.05) is 0 Å². The maximum absolute atomic E-state index is 12.9. The molecule has 5 rings (SSSR count). The lowest BCUT2D eigenvalue weighted by atomic mass is 10.1. The Balaban J connectivity index is 1.15. The second-order valence-corrected chi connectivity index (χ2v) is 8.89. The van der Waals surface area contributed by atoms with E-state index in [2.05, 4.69) is 14.9 Å². The van der Waals surface area contributed by atoms with Gasteiger partial charge in [0.05, 0.1) is 30.1 Å². The molecule has 3 aliphatic rings. The summed E-state index contributed by atoms with van der Waals surface area (Å²) in [7, 11) is 0. The van der Waals surface area contributed by atoms with Crippen molar-refractivity contribution >= 4 is 5.91 Å². The molecule has 1 saturated carbocycles. The zero-order chi connectivity index (χ0) is 22.3. The van der Waals surface area contributed by atoms with Crippen molar-refractivity contribution in [3.63, 3.8) is 0 Å². The first kappa shape index (κ1) is 21.2. The van der Waals surface area contributed by atoms with E-state index in [4.69, 9.17) is 4.74 Å². The molecule has 3 heterocycles. The van der Waals surface area contributed by atoms with E-state index in [1.165, 1.54) is 18.9 Å². The van der Waals surface area contributed by atoms with Gasteiger partial charge in [0.15, 0.2) is 0 Å². The van der Waals surface area contributed by atoms with Crippen molar-refractivity contribution in [2.45, 2.75) is 49.9 Å². The van der Waals surface area contributed by atoms with Gasteiger partial charge < -0.3 is 9.64 Å². The molecule has 2 saturated heterocycles.